The van der Waals surface area contributed by atoms with Gasteiger partial charge in [-0.15, -0.1) is 0 Å². The SMILES string of the molecule is C/C=C1/CN2CC[C@@]34C(=C(C(=O)OC)[C@@H]1C[C@@H]23)Nc1c(OC)cccc14. The minimum Gasteiger partial charge on any atom is -0.495 e. The summed E-state index contributed by atoms with van der Waals surface area (Å²) in [6.45, 7) is 4.07. The van der Waals surface area contributed by atoms with Gasteiger partial charge in [-0.1, -0.05) is 23.8 Å². The fraction of sp³-hybridized carbons (Fsp3) is 0.476. The number of allylic oxidation sites excluding steroid dienone is 1. The Kier molecular flexibility index (Phi) is 3.29. The Labute approximate surface area is 153 Å². The fourth-order valence-electron chi connectivity index (χ4n) is 5.82. The number of ether oxygens (including phenoxy) is 2. The summed E-state index contributed by atoms with van der Waals surface area (Å²) in [7, 11) is 3.18. The third-order valence-corrected chi connectivity index (χ3v) is 6.91. The summed E-state index contributed by atoms with van der Waals surface area (Å²) in [4.78, 5) is 15.4. The van der Waals surface area contributed by atoms with Crippen LogP contribution in [0.2, 0.25) is 0 Å². The van der Waals surface area contributed by atoms with Crippen molar-refractivity contribution in [2.45, 2.75) is 31.2 Å². The minimum atomic E-state index is -0.207. The van der Waals surface area contributed by atoms with E-state index in [-0.39, 0.29) is 17.3 Å². The van der Waals surface area contributed by atoms with Gasteiger partial charge in [-0.2, -0.15) is 0 Å². The molecule has 5 rings (SSSR count). The molecule has 1 spiro atoms. The maximum atomic E-state index is 12.9. The summed E-state index contributed by atoms with van der Waals surface area (Å²) >= 11 is 0. The molecule has 0 saturated carbocycles. The van der Waals surface area contributed by atoms with Crippen LogP contribution >= 0.6 is 0 Å². The van der Waals surface area contributed by atoms with E-state index < -0.39 is 0 Å². The second kappa shape index (κ2) is 5.36. The maximum absolute atomic E-state index is 12.9. The molecule has 1 aromatic carbocycles. The molecule has 136 valence electrons. The van der Waals surface area contributed by atoms with E-state index >= 15 is 0 Å². The quantitative estimate of drug-likeness (QED) is 0.655. The normalized spacial score (nSPS) is 33.0. The lowest BCUT2D eigenvalue weighted by Crippen LogP contribution is -2.53. The Morgan fingerprint density at radius 2 is 2.23 bits per heavy atom. The molecule has 0 unspecified atom stereocenters. The van der Waals surface area contributed by atoms with Gasteiger partial charge >= 0.3 is 5.97 Å². The van der Waals surface area contributed by atoms with Gasteiger partial charge in [-0.3, -0.25) is 4.90 Å². The molecule has 26 heavy (non-hydrogen) atoms. The molecule has 2 fully saturated rings. The fourth-order valence-corrected chi connectivity index (χ4v) is 5.82. The molecule has 3 atom stereocenters. The number of carbonyl (C=O) groups is 1. The second-order valence-electron chi connectivity index (χ2n) is 7.65. The van der Waals surface area contributed by atoms with Crippen molar-refractivity contribution in [3.8, 4) is 5.75 Å². The van der Waals surface area contributed by atoms with Crippen LogP contribution in [0.1, 0.15) is 25.3 Å². The number of rotatable bonds is 2. The maximum Gasteiger partial charge on any atom is 0.336 e. The van der Waals surface area contributed by atoms with Crippen molar-refractivity contribution in [3.05, 3.63) is 46.7 Å². The molecule has 0 aromatic heterocycles. The summed E-state index contributed by atoms with van der Waals surface area (Å²) < 4.78 is 10.8. The number of methoxy groups -OCH3 is 2. The van der Waals surface area contributed by atoms with Crippen molar-refractivity contribution in [2.75, 3.05) is 32.6 Å². The first-order chi connectivity index (χ1) is 12.7. The highest BCUT2D eigenvalue weighted by molar-refractivity contribution is 5.94. The summed E-state index contributed by atoms with van der Waals surface area (Å²) in [5.74, 6) is 0.770. The van der Waals surface area contributed by atoms with E-state index in [2.05, 4.69) is 35.3 Å². The van der Waals surface area contributed by atoms with Crippen LogP contribution in [0.3, 0.4) is 0 Å². The van der Waals surface area contributed by atoms with Gasteiger partial charge in [0.25, 0.3) is 0 Å². The number of fused-ring (bicyclic) bond motifs is 2. The molecule has 2 bridgehead atoms. The van der Waals surface area contributed by atoms with Gasteiger partial charge in [0, 0.05) is 30.7 Å². The van der Waals surface area contributed by atoms with Gasteiger partial charge in [0.05, 0.1) is 30.9 Å². The lowest BCUT2D eigenvalue weighted by atomic mass is 9.62. The van der Waals surface area contributed by atoms with Gasteiger partial charge in [0.1, 0.15) is 5.75 Å². The lowest BCUT2D eigenvalue weighted by molar-refractivity contribution is -0.137. The average Bonchev–Trinajstić information content (AvgIpc) is 3.23. The second-order valence-corrected chi connectivity index (χ2v) is 7.65. The Balaban J connectivity index is 1.82. The zero-order valence-electron chi connectivity index (χ0n) is 15.5. The van der Waals surface area contributed by atoms with E-state index in [1.807, 2.05) is 6.07 Å². The number of nitrogens with zero attached hydrogens (tertiary/aromatic N) is 1. The van der Waals surface area contributed by atoms with E-state index in [1.54, 1.807) is 7.11 Å². The van der Waals surface area contributed by atoms with Crippen LogP contribution in [0.5, 0.6) is 5.75 Å². The van der Waals surface area contributed by atoms with Crippen molar-refractivity contribution in [2.24, 2.45) is 5.92 Å². The smallest absolute Gasteiger partial charge is 0.336 e. The molecule has 2 saturated heterocycles. The lowest BCUT2D eigenvalue weighted by Gasteiger charge is -2.48. The molecule has 3 aliphatic heterocycles. The van der Waals surface area contributed by atoms with Crippen LogP contribution in [0, 0.1) is 5.92 Å². The van der Waals surface area contributed by atoms with Crippen LogP contribution in [0.15, 0.2) is 41.1 Å². The largest absolute Gasteiger partial charge is 0.495 e. The topological polar surface area (TPSA) is 50.8 Å². The minimum absolute atomic E-state index is 0.141. The Bertz CT molecular complexity index is 872. The number of benzene rings is 1. The molecular formula is C21H24N2O3. The van der Waals surface area contributed by atoms with Crippen molar-refractivity contribution < 1.29 is 14.3 Å². The zero-order valence-corrected chi connectivity index (χ0v) is 15.5. The number of carbonyl (C=O) groups excluding carboxylic acids is 1. The molecule has 0 amide bonds. The summed E-state index contributed by atoms with van der Waals surface area (Å²) in [6.07, 6.45) is 4.18. The number of hydrogen-bond donors (Lipinski definition) is 1. The van der Waals surface area contributed by atoms with E-state index in [1.165, 1.54) is 18.2 Å². The van der Waals surface area contributed by atoms with Gasteiger partial charge < -0.3 is 14.8 Å². The van der Waals surface area contributed by atoms with Crippen LogP contribution < -0.4 is 10.1 Å². The molecule has 1 aromatic rings. The van der Waals surface area contributed by atoms with Crippen molar-refractivity contribution in [1.29, 1.82) is 0 Å². The van der Waals surface area contributed by atoms with E-state index in [0.717, 1.165) is 48.6 Å². The predicted octanol–water partition coefficient (Wildman–Crippen LogP) is 2.84. The molecule has 1 N–H and O–H groups in total. The first kappa shape index (κ1) is 15.9. The molecule has 0 radical (unpaired) electrons. The molecule has 5 nitrogen and oxygen atoms in total. The third kappa shape index (κ3) is 1.72. The number of para-hydroxylation sites is 1. The Morgan fingerprint density at radius 1 is 1.38 bits per heavy atom. The van der Waals surface area contributed by atoms with Crippen LogP contribution in [0.25, 0.3) is 0 Å². The van der Waals surface area contributed by atoms with Crippen molar-refractivity contribution >= 4 is 11.7 Å². The van der Waals surface area contributed by atoms with Crippen molar-refractivity contribution in [3.63, 3.8) is 0 Å². The highest BCUT2D eigenvalue weighted by atomic mass is 16.5. The zero-order chi connectivity index (χ0) is 18.1. The monoisotopic (exact) mass is 352 g/mol. The van der Waals surface area contributed by atoms with Gasteiger partial charge in [0.2, 0.25) is 0 Å². The third-order valence-electron chi connectivity index (χ3n) is 6.91. The Hall–Kier alpha value is -2.27. The number of anilines is 1. The van der Waals surface area contributed by atoms with Crippen molar-refractivity contribution in [1.82, 2.24) is 4.90 Å². The molecule has 4 aliphatic rings. The summed E-state index contributed by atoms with van der Waals surface area (Å²) in [5, 5.41) is 3.61. The summed E-state index contributed by atoms with van der Waals surface area (Å²) in [6, 6.07) is 6.65. The number of hydrogen-bond acceptors (Lipinski definition) is 5. The average molecular weight is 352 g/mol. The molecule has 1 aliphatic carbocycles. The van der Waals surface area contributed by atoms with Crippen LogP contribution in [-0.2, 0) is 14.9 Å². The number of piperidine rings is 1. The first-order valence-corrected chi connectivity index (χ1v) is 9.32. The first-order valence-electron chi connectivity index (χ1n) is 9.32. The van der Waals surface area contributed by atoms with Crippen LogP contribution in [-0.4, -0.2) is 44.2 Å². The highest BCUT2D eigenvalue weighted by Crippen LogP contribution is 2.62. The van der Waals surface area contributed by atoms with Gasteiger partial charge in [-0.25, -0.2) is 4.79 Å². The van der Waals surface area contributed by atoms with E-state index in [9.17, 15) is 4.79 Å². The van der Waals surface area contributed by atoms with Crippen LogP contribution in [0.4, 0.5) is 5.69 Å². The molecule has 3 heterocycles. The predicted molar refractivity (Wildman–Crippen MR) is 99.2 cm³/mol. The number of esters is 1. The number of nitrogens with one attached hydrogen (secondary N) is 1. The van der Waals surface area contributed by atoms with E-state index in [4.69, 9.17) is 9.47 Å². The molecular weight excluding hydrogens is 328 g/mol. The summed E-state index contributed by atoms with van der Waals surface area (Å²) in [5.41, 5.74) is 5.33. The Morgan fingerprint density at radius 3 is 2.96 bits per heavy atom. The standard InChI is InChI=1S/C21H24N2O3/c1-4-12-11-23-9-8-21-14-6-5-7-15(25-2)18(14)22-19(21)17(20(24)26-3)13(12)10-16(21)23/h4-7,13,16,22H,8-11H2,1-3H3/b12-4-/t13-,16-,21+/m1/s1. The van der Waals surface area contributed by atoms with E-state index in [0.29, 0.717) is 6.04 Å². The molecule has 5 heteroatoms. The van der Waals surface area contributed by atoms with Gasteiger partial charge in [-0.05, 0) is 31.4 Å². The highest BCUT2D eigenvalue weighted by Gasteiger charge is 2.62. The van der Waals surface area contributed by atoms with Gasteiger partial charge in [0.15, 0.2) is 0 Å².